The Hall–Kier alpha value is -1.95. The van der Waals surface area contributed by atoms with E-state index in [0.29, 0.717) is 6.67 Å². The number of thioether (sulfide) groups is 1. The van der Waals surface area contributed by atoms with E-state index in [1.807, 2.05) is 6.20 Å². The van der Waals surface area contributed by atoms with Crippen LogP contribution < -0.4 is 21.7 Å². The minimum absolute atomic E-state index is 0.0301. The van der Waals surface area contributed by atoms with Crippen molar-refractivity contribution in [1.29, 1.82) is 0 Å². The van der Waals surface area contributed by atoms with Crippen LogP contribution in [-0.2, 0) is 0 Å². The van der Waals surface area contributed by atoms with Crippen molar-refractivity contribution in [3.05, 3.63) is 46.8 Å². The zero-order valence-electron chi connectivity index (χ0n) is 17.4. The van der Waals surface area contributed by atoms with E-state index in [4.69, 9.17) is 0 Å². The molecule has 3 rings (SSSR count). The molecule has 174 valence electrons. The molecule has 0 bridgehead atoms. The average molecular weight is 462 g/mol. The predicted molar refractivity (Wildman–Crippen MR) is 118 cm³/mol. The summed E-state index contributed by atoms with van der Waals surface area (Å²) >= 11 is 1.70. The maximum Gasteiger partial charge on any atom is 0.430 e. The Kier molecular flexibility index (Phi) is 8.64. The molecule has 31 heavy (non-hydrogen) atoms. The first-order chi connectivity index (χ1) is 14.4. The van der Waals surface area contributed by atoms with Gasteiger partial charge in [-0.05, 0) is 57.0 Å². The van der Waals surface area contributed by atoms with Crippen LogP contribution in [0.5, 0.6) is 0 Å². The molecule has 0 aromatic heterocycles. The number of aliphatic hydroxyl groups is 2. The molecule has 7 nitrogen and oxygen atoms in total. The number of rotatable bonds is 7. The summed E-state index contributed by atoms with van der Waals surface area (Å²) in [5.74, 6) is 0. The third-order valence-electron chi connectivity index (χ3n) is 4.99. The highest BCUT2D eigenvalue weighted by molar-refractivity contribution is 8.04. The molecule has 2 aliphatic carbocycles. The van der Waals surface area contributed by atoms with Gasteiger partial charge in [0, 0.05) is 22.8 Å². The van der Waals surface area contributed by atoms with Gasteiger partial charge in [0.25, 0.3) is 0 Å². The maximum atomic E-state index is 11.0. The second-order valence-corrected chi connectivity index (χ2v) is 8.81. The van der Waals surface area contributed by atoms with E-state index in [9.17, 15) is 23.4 Å². The summed E-state index contributed by atoms with van der Waals surface area (Å²) in [5.41, 5.74) is 4.48. The molecule has 1 aliphatic heterocycles. The minimum atomic E-state index is -4.42. The fraction of sp³-hybridized carbons (Fsp3) is 0.550. The van der Waals surface area contributed by atoms with E-state index in [-0.39, 0.29) is 11.4 Å². The molecule has 1 heterocycles. The summed E-state index contributed by atoms with van der Waals surface area (Å²) in [6.07, 6.45) is 4.77. The van der Waals surface area contributed by atoms with Crippen molar-refractivity contribution in [2.24, 2.45) is 10.7 Å². The van der Waals surface area contributed by atoms with Crippen LogP contribution in [0.1, 0.15) is 32.6 Å². The summed E-state index contributed by atoms with van der Waals surface area (Å²) < 4.78 is 32.9. The first kappa shape index (κ1) is 25.3. The molecule has 0 aromatic rings. The molecule has 0 spiro atoms. The SMILES string of the molecule is C=C(N)C(F)(F)F.C=NCNC1C=C(NC(C)O)C=C(C2=CNC(C3(O)CCC3)S2)C1. The Morgan fingerprint density at radius 3 is 2.61 bits per heavy atom. The standard InChI is InChI=1S/C17H26N4O2S.C3H4F3N/c1-11(22)21-14-7-12(6-13(8-14)20-10-18-2)15-9-19-16(24-15)17(23)4-3-5-17;1-2(7)3(4,5)6/h7-9,11,13,16,19-23H,2-6,10H2,1H3;1,7H2. The Morgan fingerprint density at radius 1 is 1.48 bits per heavy atom. The van der Waals surface area contributed by atoms with Gasteiger partial charge in [-0.15, -0.1) is 0 Å². The van der Waals surface area contributed by atoms with Crippen LogP contribution in [0.15, 0.2) is 51.8 Å². The van der Waals surface area contributed by atoms with Crippen molar-refractivity contribution in [3.63, 3.8) is 0 Å². The fourth-order valence-electron chi connectivity index (χ4n) is 3.20. The van der Waals surface area contributed by atoms with E-state index >= 15 is 0 Å². The molecule has 11 heteroatoms. The van der Waals surface area contributed by atoms with Crippen LogP contribution in [0, 0.1) is 0 Å². The number of aliphatic hydroxyl groups excluding tert-OH is 1. The number of allylic oxidation sites excluding steroid dienone is 3. The summed E-state index contributed by atoms with van der Waals surface area (Å²) in [4.78, 5) is 5.01. The molecule has 1 fully saturated rings. The van der Waals surface area contributed by atoms with Crippen molar-refractivity contribution in [1.82, 2.24) is 16.0 Å². The molecule has 3 aliphatic rings. The van der Waals surface area contributed by atoms with Gasteiger partial charge in [-0.1, -0.05) is 18.3 Å². The Bertz CT molecular complexity index is 760. The van der Waals surface area contributed by atoms with Gasteiger partial charge in [0.2, 0.25) is 0 Å². The van der Waals surface area contributed by atoms with Crippen molar-refractivity contribution in [2.45, 2.75) is 62.0 Å². The second-order valence-electron chi connectivity index (χ2n) is 7.66. The third-order valence-corrected chi connectivity index (χ3v) is 6.43. The summed E-state index contributed by atoms with van der Waals surface area (Å²) in [7, 11) is 0. The Morgan fingerprint density at radius 2 is 2.13 bits per heavy atom. The van der Waals surface area contributed by atoms with Gasteiger partial charge >= 0.3 is 6.18 Å². The monoisotopic (exact) mass is 461 g/mol. The molecule has 1 saturated carbocycles. The van der Waals surface area contributed by atoms with Crippen LogP contribution in [0.3, 0.4) is 0 Å². The van der Waals surface area contributed by atoms with Crippen molar-refractivity contribution >= 4 is 18.5 Å². The van der Waals surface area contributed by atoms with Crippen molar-refractivity contribution in [2.75, 3.05) is 6.67 Å². The molecule has 3 atom stereocenters. The van der Waals surface area contributed by atoms with Gasteiger partial charge in [0.15, 0.2) is 0 Å². The number of halogens is 3. The summed E-state index contributed by atoms with van der Waals surface area (Å²) in [6, 6.07) is 0.129. The van der Waals surface area contributed by atoms with Crippen LogP contribution in [-0.4, -0.2) is 53.0 Å². The summed E-state index contributed by atoms with van der Waals surface area (Å²) in [6.45, 7) is 8.17. The topological polar surface area (TPSA) is 115 Å². The average Bonchev–Trinajstić information content (AvgIpc) is 3.14. The number of alkyl halides is 3. The molecule has 3 unspecified atom stereocenters. The number of nitrogens with two attached hydrogens (primary N) is 1. The number of hydrogen-bond acceptors (Lipinski definition) is 8. The van der Waals surface area contributed by atoms with Crippen LogP contribution in [0.4, 0.5) is 13.2 Å². The van der Waals surface area contributed by atoms with Crippen molar-refractivity contribution < 1.29 is 23.4 Å². The molecular weight excluding hydrogens is 431 g/mol. The van der Waals surface area contributed by atoms with E-state index in [2.05, 4.69) is 52.1 Å². The van der Waals surface area contributed by atoms with E-state index in [1.54, 1.807) is 18.7 Å². The van der Waals surface area contributed by atoms with E-state index in [0.717, 1.165) is 36.3 Å². The summed E-state index contributed by atoms with van der Waals surface area (Å²) in [5, 5.41) is 29.9. The first-order valence-electron chi connectivity index (χ1n) is 9.84. The zero-order chi connectivity index (χ0) is 23.2. The Balaban J connectivity index is 0.000000423. The minimum Gasteiger partial charge on any atom is -0.395 e. The third kappa shape index (κ3) is 7.30. The second kappa shape index (κ2) is 10.6. The van der Waals surface area contributed by atoms with Crippen LogP contribution >= 0.6 is 11.8 Å². The van der Waals surface area contributed by atoms with Crippen LogP contribution in [0.25, 0.3) is 0 Å². The predicted octanol–water partition coefficient (Wildman–Crippen LogP) is 2.18. The van der Waals surface area contributed by atoms with Gasteiger partial charge in [0.1, 0.15) is 17.3 Å². The quantitative estimate of drug-likeness (QED) is 0.254. The highest BCUT2D eigenvalue weighted by atomic mass is 32.2. The first-order valence-corrected chi connectivity index (χ1v) is 10.7. The van der Waals surface area contributed by atoms with Gasteiger partial charge in [-0.3, -0.25) is 10.3 Å². The zero-order valence-corrected chi connectivity index (χ0v) is 18.2. The lowest BCUT2D eigenvalue weighted by molar-refractivity contribution is -0.0922. The molecule has 0 amide bonds. The Labute approximate surface area is 184 Å². The maximum absolute atomic E-state index is 11.0. The van der Waals surface area contributed by atoms with Gasteiger partial charge < -0.3 is 26.6 Å². The number of nitrogens with zero attached hydrogens (tertiary/aromatic N) is 1. The number of aliphatic imine (C=N–C) groups is 1. The molecule has 7 N–H and O–H groups in total. The lowest BCUT2D eigenvalue weighted by Crippen LogP contribution is -2.50. The van der Waals surface area contributed by atoms with Gasteiger partial charge in [0.05, 0.1) is 12.3 Å². The van der Waals surface area contributed by atoms with Gasteiger partial charge in [-0.25, -0.2) is 0 Å². The van der Waals surface area contributed by atoms with Gasteiger partial charge in [-0.2, -0.15) is 13.2 Å². The van der Waals surface area contributed by atoms with E-state index < -0.39 is 23.7 Å². The normalized spacial score (nSPS) is 25.4. The number of hydrogen-bond donors (Lipinski definition) is 6. The highest BCUT2D eigenvalue weighted by Gasteiger charge is 2.44. The highest BCUT2D eigenvalue weighted by Crippen LogP contribution is 2.46. The van der Waals surface area contributed by atoms with E-state index in [1.165, 1.54) is 5.57 Å². The molecule has 0 aromatic carbocycles. The number of nitrogens with one attached hydrogen (secondary N) is 3. The largest absolute Gasteiger partial charge is 0.430 e. The molecular formula is C20H30F3N5O2S. The van der Waals surface area contributed by atoms with Crippen LogP contribution in [0.2, 0.25) is 0 Å². The smallest absolute Gasteiger partial charge is 0.395 e. The molecule has 0 saturated heterocycles. The molecule has 0 radical (unpaired) electrons. The lowest BCUT2D eigenvalue weighted by atomic mass is 9.80. The lowest BCUT2D eigenvalue weighted by Gasteiger charge is -2.41. The van der Waals surface area contributed by atoms with Crippen molar-refractivity contribution in [3.8, 4) is 0 Å². The fourth-order valence-corrected chi connectivity index (χ4v) is 4.48.